The second kappa shape index (κ2) is 4.69. The van der Waals surface area contributed by atoms with Gasteiger partial charge in [-0.05, 0) is 0 Å². The Hall–Kier alpha value is -1.31. The van der Waals surface area contributed by atoms with Crippen LogP contribution in [0.3, 0.4) is 0 Å². The molecule has 16 heavy (non-hydrogen) atoms. The summed E-state index contributed by atoms with van der Waals surface area (Å²) in [7, 11) is 0. The van der Waals surface area contributed by atoms with E-state index in [4.69, 9.17) is 15.6 Å². The molecule has 1 saturated heterocycles. The van der Waals surface area contributed by atoms with Gasteiger partial charge in [-0.2, -0.15) is 0 Å². The van der Waals surface area contributed by atoms with Crippen LogP contribution in [-0.2, 0) is 4.74 Å². The summed E-state index contributed by atoms with van der Waals surface area (Å²) in [5.74, 6) is -0.341. The van der Waals surface area contributed by atoms with Crippen LogP contribution in [0.25, 0.3) is 0 Å². The molecule has 1 aliphatic rings. The molecule has 1 aliphatic heterocycles. The largest absolute Gasteiger partial charge is 0.378 e. The molecule has 0 spiro atoms. The number of hydrogen-bond acceptors (Lipinski definition) is 6. The Labute approximate surface area is 91.9 Å². The normalized spacial score (nSPS) is 18.6. The van der Waals surface area contributed by atoms with Crippen LogP contribution in [0.4, 0.5) is 10.2 Å². The summed E-state index contributed by atoms with van der Waals surface area (Å²) >= 11 is 0. The monoisotopic (exact) mass is 228 g/mol. The summed E-state index contributed by atoms with van der Waals surface area (Å²) in [5, 5.41) is 9.12. The average Bonchev–Trinajstić information content (AvgIpc) is 2.30. The van der Waals surface area contributed by atoms with Gasteiger partial charge in [0.25, 0.3) is 0 Å². The number of rotatable bonds is 2. The van der Waals surface area contributed by atoms with E-state index in [2.05, 4.69) is 9.97 Å². The quantitative estimate of drug-likeness (QED) is 0.658. The van der Waals surface area contributed by atoms with Crippen LogP contribution in [0.15, 0.2) is 6.20 Å². The lowest BCUT2D eigenvalue weighted by Gasteiger charge is -2.28. The maximum atomic E-state index is 13.5. The number of nitrogens with two attached hydrogens (primary N) is 1. The van der Waals surface area contributed by atoms with E-state index in [1.54, 1.807) is 4.90 Å². The molecule has 6 nitrogen and oxygen atoms in total. The minimum atomic E-state index is -1.29. The highest BCUT2D eigenvalue weighted by molar-refractivity contribution is 5.39. The number of ether oxygens (including phenoxy) is 1. The van der Waals surface area contributed by atoms with E-state index in [9.17, 15) is 4.39 Å². The van der Waals surface area contributed by atoms with Crippen molar-refractivity contribution in [3.05, 3.63) is 17.8 Å². The number of morpholine rings is 1. The van der Waals surface area contributed by atoms with Gasteiger partial charge in [-0.3, -0.25) is 5.73 Å². The SMILES string of the molecule is NC(O)c1ncc(F)c(N2CCOCC2)n1. The van der Waals surface area contributed by atoms with E-state index in [0.717, 1.165) is 6.20 Å². The second-order valence-electron chi connectivity index (χ2n) is 3.44. The van der Waals surface area contributed by atoms with Gasteiger partial charge >= 0.3 is 0 Å². The minimum absolute atomic E-state index is 0.0166. The van der Waals surface area contributed by atoms with Crippen LogP contribution in [0.5, 0.6) is 0 Å². The third kappa shape index (κ3) is 2.26. The maximum absolute atomic E-state index is 13.5. The first-order valence-electron chi connectivity index (χ1n) is 4.97. The molecule has 0 aromatic carbocycles. The first-order valence-corrected chi connectivity index (χ1v) is 4.97. The van der Waals surface area contributed by atoms with E-state index in [0.29, 0.717) is 26.3 Å². The lowest BCUT2D eigenvalue weighted by atomic mass is 10.4. The number of aliphatic hydroxyl groups excluding tert-OH is 1. The standard InChI is InChI=1S/C9H13FN4O2/c10-6-5-12-8(7(11)15)13-9(6)14-1-3-16-4-2-14/h5,7,15H,1-4,11H2. The van der Waals surface area contributed by atoms with Crippen LogP contribution in [0.2, 0.25) is 0 Å². The lowest BCUT2D eigenvalue weighted by Crippen LogP contribution is -2.37. The molecule has 0 saturated carbocycles. The first kappa shape index (κ1) is 11.2. The zero-order valence-corrected chi connectivity index (χ0v) is 8.64. The van der Waals surface area contributed by atoms with Crippen molar-refractivity contribution < 1.29 is 14.2 Å². The van der Waals surface area contributed by atoms with Gasteiger partial charge in [0.1, 0.15) is 0 Å². The molecule has 1 fully saturated rings. The highest BCUT2D eigenvalue weighted by atomic mass is 19.1. The number of halogens is 1. The zero-order chi connectivity index (χ0) is 11.5. The molecule has 2 rings (SSSR count). The number of nitrogens with zero attached hydrogens (tertiary/aromatic N) is 3. The van der Waals surface area contributed by atoms with Crippen molar-refractivity contribution in [1.82, 2.24) is 9.97 Å². The van der Waals surface area contributed by atoms with Gasteiger partial charge in [-0.25, -0.2) is 14.4 Å². The van der Waals surface area contributed by atoms with Gasteiger partial charge in [0, 0.05) is 13.1 Å². The van der Waals surface area contributed by atoms with Crippen LogP contribution in [0, 0.1) is 5.82 Å². The number of aliphatic hydroxyl groups is 1. The van der Waals surface area contributed by atoms with Crippen LogP contribution < -0.4 is 10.6 Å². The molecule has 0 bridgehead atoms. The Balaban J connectivity index is 2.27. The summed E-state index contributed by atoms with van der Waals surface area (Å²) < 4.78 is 18.6. The van der Waals surface area contributed by atoms with Crippen molar-refractivity contribution in [2.45, 2.75) is 6.23 Å². The zero-order valence-electron chi connectivity index (χ0n) is 8.64. The van der Waals surface area contributed by atoms with Gasteiger partial charge < -0.3 is 14.7 Å². The first-order chi connectivity index (χ1) is 7.68. The number of aromatic nitrogens is 2. The highest BCUT2D eigenvalue weighted by Crippen LogP contribution is 2.17. The fraction of sp³-hybridized carbons (Fsp3) is 0.556. The molecule has 1 aromatic heterocycles. The van der Waals surface area contributed by atoms with Crippen molar-refractivity contribution in [3.8, 4) is 0 Å². The molecular weight excluding hydrogens is 215 g/mol. The predicted molar refractivity (Wildman–Crippen MR) is 54.2 cm³/mol. The topological polar surface area (TPSA) is 84.5 Å². The molecule has 1 unspecified atom stereocenters. The highest BCUT2D eigenvalue weighted by Gasteiger charge is 2.18. The number of anilines is 1. The third-order valence-corrected chi connectivity index (χ3v) is 2.32. The van der Waals surface area contributed by atoms with Crippen LogP contribution >= 0.6 is 0 Å². The molecular formula is C9H13FN4O2. The second-order valence-corrected chi connectivity index (χ2v) is 3.44. The van der Waals surface area contributed by atoms with E-state index in [1.807, 2.05) is 0 Å². The van der Waals surface area contributed by atoms with Crippen LogP contribution in [0.1, 0.15) is 12.1 Å². The van der Waals surface area contributed by atoms with Crippen molar-refractivity contribution >= 4 is 5.82 Å². The smallest absolute Gasteiger partial charge is 0.183 e. The summed E-state index contributed by atoms with van der Waals surface area (Å²) in [6.07, 6.45) is -0.274. The fourth-order valence-corrected chi connectivity index (χ4v) is 1.51. The van der Waals surface area contributed by atoms with E-state index in [-0.39, 0.29) is 11.6 Å². The Morgan fingerprint density at radius 3 is 2.81 bits per heavy atom. The lowest BCUT2D eigenvalue weighted by molar-refractivity contribution is 0.122. The van der Waals surface area contributed by atoms with Crippen molar-refractivity contribution in [2.75, 3.05) is 31.2 Å². The van der Waals surface area contributed by atoms with Gasteiger partial charge in [0.05, 0.1) is 19.4 Å². The summed E-state index contributed by atoms with van der Waals surface area (Å²) in [6.45, 7) is 2.19. The van der Waals surface area contributed by atoms with E-state index < -0.39 is 12.0 Å². The van der Waals surface area contributed by atoms with Gasteiger partial charge in [-0.15, -0.1) is 0 Å². The molecule has 1 aromatic rings. The predicted octanol–water partition coefficient (Wildman–Crippen LogP) is -0.598. The van der Waals surface area contributed by atoms with Gasteiger partial charge in [-0.1, -0.05) is 0 Å². The summed E-state index contributed by atoms with van der Waals surface area (Å²) in [4.78, 5) is 9.26. The molecule has 1 atom stereocenters. The van der Waals surface area contributed by atoms with Crippen molar-refractivity contribution in [1.29, 1.82) is 0 Å². The van der Waals surface area contributed by atoms with Crippen molar-refractivity contribution in [3.63, 3.8) is 0 Å². The molecule has 2 heterocycles. The Bertz CT molecular complexity index is 369. The molecule has 0 radical (unpaired) electrons. The third-order valence-electron chi connectivity index (χ3n) is 2.32. The van der Waals surface area contributed by atoms with Gasteiger partial charge in [0.2, 0.25) is 0 Å². The number of hydrogen-bond donors (Lipinski definition) is 2. The molecule has 0 amide bonds. The Morgan fingerprint density at radius 2 is 2.19 bits per heavy atom. The van der Waals surface area contributed by atoms with Gasteiger partial charge in [0.15, 0.2) is 23.7 Å². The molecule has 0 aliphatic carbocycles. The average molecular weight is 228 g/mol. The minimum Gasteiger partial charge on any atom is -0.378 e. The molecule has 7 heteroatoms. The Kier molecular flexibility index (Phi) is 3.28. The summed E-state index contributed by atoms with van der Waals surface area (Å²) in [6, 6.07) is 0. The fourth-order valence-electron chi connectivity index (χ4n) is 1.51. The van der Waals surface area contributed by atoms with E-state index >= 15 is 0 Å². The maximum Gasteiger partial charge on any atom is 0.183 e. The summed E-state index contributed by atoms with van der Waals surface area (Å²) in [5.41, 5.74) is 5.23. The molecule has 3 N–H and O–H groups in total. The van der Waals surface area contributed by atoms with E-state index in [1.165, 1.54) is 0 Å². The Morgan fingerprint density at radius 1 is 1.50 bits per heavy atom. The van der Waals surface area contributed by atoms with Crippen LogP contribution in [-0.4, -0.2) is 41.4 Å². The molecule has 88 valence electrons. The van der Waals surface area contributed by atoms with Crippen molar-refractivity contribution in [2.24, 2.45) is 5.73 Å².